The SMILES string of the molecule is CC(C)CN1CCC(N2CCC(c3cnc4nc(-c5ccc(S(C)(=O)=O)cc5)n(C)c4c3)CC2)CC1. The summed E-state index contributed by atoms with van der Waals surface area (Å²) in [6.45, 7) is 10.7. The summed E-state index contributed by atoms with van der Waals surface area (Å²) in [6, 6.07) is 9.93. The molecule has 0 aliphatic carbocycles. The minimum Gasteiger partial charge on any atom is -0.326 e. The second-order valence-corrected chi connectivity index (χ2v) is 13.2. The standard InChI is InChI=1S/C28H39N5O2S/c1-20(2)19-32-13-11-24(12-14-32)33-15-9-21(10-16-33)23-17-26-27(29-18-23)30-28(31(26)3)22-5-7-25(8-6-22)36(4,34)35/h5-8,17-18,20-21,24H,9-16,19H2,1-4H3. The van der Waals surface area contributed by atoms with Gasteiger partial charge in [-0.3, -0.25) is 0 Å². The van der Waals surface area contributed by atoms with E-state index in [4.69, 9.17) is 9.97 Å². The van der Waals surface area contributed by atoms with Crippen LogP contribution in [0.15, 0.2) is 41.4 Å². The molecule has 8 heteroatoms. The maximum Gasteiger partial charge on any atom is 0.178 e. The second kappa shape index (κ2) is 10.2. The Morgan fingerprint density at radius 1 is 1.00 bits per heavy atom. The van der Waals surface area contributed by atoms with Crippen molar-refractivity contribution in [2.24, 2.45) is 13.0 Å². The molecule has 4 heterocycles. The lowest BCUT2D eigenvalue weighted by atomic mass is 9.88. The topological polar surface area (TPSA) is 71.3 Å². The van der Waals surface area contributed by atoms with Crippen LogP contribution in [0.5, 0.6) is 0 Å². The number of benzene rings is 1. The van der Waals surface area contributed by atoms with E-state index >= 15 is 0 Å². The average Bonchev–Trinajstić information content (AvgIpc) is 3.19. The van der Waals surface area contributed by atoms with Gasteiger partial charge in [-0.25, -0.2) is 18.4 Å². The van der Waals surface area contributed by atoms with Crippen LogP contribution in [0.25, 0.3) is 22.6 Å². The number of aryl methyl sites for hydroxylation is 1. The lowest BCUT2D eigenvalue weighted by Crippen LogP contribution is -2.48. The van der Waals surface area contributed by atoms with Gasteiger partial charge in [0.1, 0.15) is 5.82 Å². The molecule has 2 aromatic heterocycles. The van der Waals surface area contributed by atoms with Crippen molar-refractivity contribution in [1.82, 2.24) is 24.3 Å². The Bertz CT molecular complexity index is 1300. The number of nitrogens with zero attached hydrogens (tertiary/aromatic N) is 5. The molecule has 0 saturated carbocycles. The Morgan fingerprint density at radius 2 is 1.67 bits per heavy atom. The van der Waals surface area contributed by atoms with Crippen LogP contribution in [0.4, 0.5) is 0 Å². The molecule has 2 fully saturated rings. The van der Waals surface area contributed by atoms with Crippen LogP contribution < -0.4 is 0 Å². The Labute approximate surface area is 215 Å². The van der Waals surface area contributed by atoms with Gasteiger partial charge in [-0.15, -0.1) is 0 Å². The van der Waals surface area contributed by atoms with E-state index in [0.29, 0.717) is 10.8 Å². The van der Waals surface area contributed by atoms with Crippen molar-refractivity contribution >= 4 is 21.0 Å². The lowest BCUT2D eigenvalue weighted by molar-refractivity contribution is 0.0828. The molecule has 7 nitrogen and oxygen atoms in total. The van der Waals surface area contributed by atoms with Gasteiger partial charge >= 0.3 is 0 Å². The number of piperidine rings is 2. The summed E-state index contributed by atoms with van der Waals surface area (Å²) in [5.74, 6) is 2.08. The van der Waals surface area contributed by atoms with Crippen LogP contribution in [0.3, 0.4) is 0 Å². The number of fused-ring (bicyclic) bond motifs is 1. The van der Waals surface area contributed by atoms with E-state index in [-0.39, 0.29) is 0 Å². The predicted molar refractivity (Wildman–Crippen MR) is 145 cm³/mol. The van der Waals surface area contributed by atoms with Gasteiger partial charge in [-0.05, 0) is 99.6 Å². The molecule has 0 radical (unpaired) electrons. The number of hydrogen-bond acceptors (Lipinski definition) is 6. The molecule has 2 aliphatic rings. The zero-order chi connectivity index (χ0) is 25.4. The zero-order valence-corrected chi connectivity index (χ0v) is 22.8. The largest absolute Gasteiger partial charge is 0.326 e. The summed E-state index contributed by atoms with van der Waals surface area (Å²) in [7, 11) is -1.21. The molecule has 0 spiro atoms. The first-order valence-corrected chi connectivity index (χ1v) is 15.2. The van der Waals surface area contributed by atoms with Gasteiger partial charge in [-0.2, -0.15) is 0 Å². The molecular formula is C28H39N5O2S. The summed E-state index contributed by atoms with van der Waals surface area (Å²) < 4.78 is 25.7. The molecule has 0 N–H and O–H groups in total. The van der Waals surface area contributed by atoms with Gasteiger partial charge < -0.3 is 14.4 Å². The quantitative estimate of drug-likeness (QED) is 0.492. The number of pyridine rings is 1. The van der Waals surface area contributed by atoms with Gasteiger partial charge in [0.2, 0.25) is 0 Å². The molecule has 3 aromatic rings. The molecular weight excluding hydrogens is 470 g/mol. The van der Waals surface area contributed by atoms with Crippen LogP contribution in [-0.2, 0) is 16.9 Å². The first-order valence-electron chi connectivity index (χ1n) is 13.3. The second-order valence-electron chi connectivity index (χ2n) is 11.1. The number of hydrogen-bond donors (Lipinski definition) is 0. The highest BCUT2D eigenvalue weighted by atomic mass is 32.2. The first-order chi connectivity index (χ1) is 17.2. The van der Waals surface area contributed by atoms with Crippen molar-refractivity contribution in [2.75, 3.05) is 39.0 Å². The van der Waals surface area contributed by atoms with Gasteiger partial charge in [0.25, 0.3) is 0 Å². The van der Waals surface area contributed by atoms with Gasteiger partial charge in [0.05, 0.1) is 10.4 Å². The molecule has 0 unspecified atom stereocenters. The fourth-order valence-corrected chi connectivity index (χ4v) is 6.63. The molecule has 1 aromatic carbocycles. The smallest absolute Gasteiger partial charge is 0.178 e. The summed E-state index contributed by atoms with van der Waals surface area (Å²) in [4.78, 5) is 15.1. The number of sulfone groups is 1. The summed E-state index contributed by atoms with van der Waals surface area (Å²) in [6.07, 6.45) is 8.19. The van der Waals surface area contributed by atoms with Gasteiger partial charge in [0.15, 0.2) is 15.5 Å². The summed E-state index contributed by atoms with van der Waals surface area (Å²) in [5, 5.41) is 0. The van der Waals surface area contributed by atoms with Crippen LogP contribution >= 0.6 is 0 Å². The number of aromatic nitrogens is 3. The van der Waals surface area contributed by atoms with E-state index in [2.05, 4.69) is 34.3 Å². The van der Waals surface area contributed by atoms with Crippen LogP contribution in [0.2, 0.25) is 0 Å². The maximum absolute atomic E-state index is 11.8. The Kier molecular flexibility index (Phi) is 7.21. The average molecular weight is 510 g/mol. The third-order valence-electron chi connectivity index (χ3n) is 8.00. The number of imidazole rings is 1. The minimum atomic E-state index is -3.22. The summed E-state index contributed by atoms with van der Waals surface area (Å²) >= 11 is 0. The molecule has 0 bridgehead atoms. The Balaban J connectivity index is 1.25. The Morgan fingerprint density at radius 3 is 2.28 bits per heavy atom. The van der Waals surface area contributed by atoms with Crippen molar-refractivity contribution in [2.45, 2.75) is 56.4 Å². The molecule has 2 aliphatic heterocycles. The van der Waals surface area contributed by atoms with Crippen molar-refractivity contribution < 1.29 is 8.42 Å². The van der Waals surface area contributed by atoms with E-state index in [1.54, 1.807) is 12.1 Å². The molecule has 0 amide bonds. The third kappa shape index (κ3) is 5.36. The van der Waals surface area contributed by atoms with Crippen molar-refractivity contribution in [3.05, 3.63) is 42.1 Å². The molecule has 0 atom stereocenters. The van der Waals surface area contributed by atoms with E-state index in [1.807, 2.05) is 25.4 Å². The normalized spacial score (nSPS) is 19.5. The van der Waals surface area contributed by atoms with Crippen molar-refractivity contribution in [1.29, 1.82) is 0 Å². The fraction of sp³-hybridized carbons (Fsp3) is 0.571. The molecule has 5 rings (SSSR count). The van der Waals surface area contributed by atoms with Crippen molar-refractivity contribution in [3.63, 3.8) is 0 Å². The van der Waals surface area contributed by atoms with Gasteiger partial charge in [-0.1, -0.05) is 13.8 Å². The molecule has 194 valence electrons. The highest BCUT2D eigenvalue weighted by Crippen LogP contribution is 2.32. The number of likely N-dealkylation sites (tertiary alicyclic amines) is 2. The maximum atomic E-state index is 11.8. The van der Waals surface area contributed by atoms with E-state index < -0.39 is 9.84 Å². The highest BCUT2D eigenvalue weighted by molar-refractivity contribution is 7.90. The predicted octanol–water partition coefficient (Wildman–Crippen LogP) is 4.34. The van der Waals surface area contributed by atoms with E-state index in [1.165, 1.54) is 70.2 Å². The van der Waals surface area contributed by atoms with E-state index in [9.17, 15) is 8.42 Å². The molecule has 36 heavy (non-hydrogen) atoms. The third-order valence-corrected chi connectivity index (χ3v) is 9.13. The zero-order valence-electron chi connectivity index (χ0n) is 22.0. The minimum absolute atomic E-state index is 0.317. The van der Waals surface area contributed by atoms with Crippen LogP contribution in [-0.4, -0.2) is 77.8 Å². The van der Waals surface area contributed by atoms with E-state index in [0.717, 1.165) is 34.5 Å². The number of rotatable bonds is 6. The lowest BCUT2D eigenvalue weighted by Gasteiger charge is -2.42. The highest BCUT2D eigenvalue weighted by Gasteiger charge is 2.29. The molecule has 2 saturated heterocycles. The Hall–Kier alpha value is -2.29. The van der Waals surface area contributed by atoms with Crippen LogP contribution in [0, 0.1) is 5.92 Å². The fourth-order valence-electron chi connectivity index (χ4n) is 6.00. The summed E-state index contributed by atoms with van der Waals surface area (Å²) in [5.41, 5.74) is 3.94. The monoisotopic (exact) mass is 509 g/mol. The van der Waals surface area contributed by atoms with Gasteiger partial charge in [0, 0.05) is 37.7 Å². The first kappa shape index (κ1) is 25.4. The van der Waals surface area contributed by atoms with Crippen LogP contribution in [0.1, 0.15) is 51.0 Å². The van der Waals surface area contributed by atoms with Crippen molar-refractivity contribution in [3.8, 4) is 11.4 Å².